The lowest BCUT2D eigenvalue weighted by molar-refractivity contribution is 0.0187. The summed E-state index contributed by atoms with van der Waals surface area (Å²) in [6, 6.07) is 29.7. The minimum atomic E-state index is -0.276. The van der Waals surface area contributed by atoms with E-state index in [9.17, 15) is 5.11 Å². The van der Waals surface area contributed by atoms with E-state index < -0.39 is 0 Å². The molecule has 0 saturated carbocycles. The van der Waals surface area contributed by atoms with Crippen LogP contribution >= 0.6 is 0 Å². The van der Waals surface area contributed by atoms with E-state index in [-0.39, 0.29) is 6.10 Å². The van der Waals surface area contributed by atoms with Crippen LogP contribution in [0.15, 0.2) is 91.1 Å². The number of pyridine rings is 1. The van der Waals surface area contributed by atoms with Gasteiger partial charge in [0.2, 0.25) is 0 Å². The second-order valence-electron chi connectivity index (χ2n) is 8.65. The molecular weight excluding hydrogens is 380 g/mol. The van der Waals surface area contributed by atoms with Crippen molar-refractivity contribution in [3.05, 3.63) is 102 Å². The summed E-state index contributed by atoms with van der Waals surface area (Å²) in [6.45, 7) is 2.71. The van der Waals surface area contributed by atoms with Gasteiger partial charge in [0.15, 0.2) is 0 Å². The largest absolute Gasteiger partial charge is 0.391 e. The highest BCUT2D eigenvalue weighted by atomic mass is 16.3. The van der Waals surface area contributed by atoms with Gasteiger partial charge in [0, 0.05) is 30.2 Å². The molecule has 2 atom stereocenters. The second-order valence-corrected chi connectivity index (χ2v) is 8.65. The summed E-state index contributed by atoms with van der Waals surface area (Å²) in [4.78, 5) is 6.95. The lowest BCUT2D eigenvalue weighted by Gasteiger charge is -2.36. The van der Waals surface area contributed by atoms with Crippen LogP contribution in [0, 0.1) is 5.92 Å². The Morgan fingerprint density at radius 2 is 1.61 bits per heavy atom. The molecule has 1 saturated heterocycles. The molecule has 0 aliphatic carbocycles. The van der Waals surface area contributed by atoms with Crippen molar-refractivity contribution in [2.75, 3.05) is 13.1 Å². The highest BCUT2D eigenvalue weighted by Crippen LogP contribution is 2.26. The number of hydrogen-bond acceptors (Lipinski definition) is 3. The molecule has 0 radical (unpaired) electrons. The zero-order valence-electron chi connectivity index (χ0n) is 17.7. The molecule has 5 rings (SSSR count). The summed E-state index contributed by atoms with van der Waals surface area (Å²) in [5.74, 6) is 0.320. The van der Waals surface area contributed by atoms with Crippen molar-refractivity contribution in [2.45, 2.75) is 25.5 Å². The Balaban J connectivity index is 1.21. The first kappa shape index (κ1) is 19.9. The smallest absolute Gasteiger partial charge is 0.0702 e. The molecule has 31 heavy (non-hydrogen) atoms. The van der Waals surface area contributed by atoms with Crippen molar-refractivity contribution < 1.29 is 5.11 Å². The standard InChI is InChI=1S/C28H28N2O/c31-28-20-30(19-22-6-2-1-3-7-22)15-14-25(28)16-21-10-12-23(13-11-21)26-17-24-8-4-5-9-27(24)29-18-26/h1-13,17-18,25,28,31H,14-16,19-20H2/t25-,28+/m0/s1. The molecule has 1 aliphatic rings. The average molecular weight is 409 g/mol. The molecule has 3 nitrogen and oxygen atoms in total. The third kappa shape index (κ3) is 4.68. The van der Waals surface area contributed by atoms with Crippen LogP contribution in [0.1, 0.15) is 17.5 Å². The lowest BCUT2D eigenvalue weighted by atomic mass is 9.87. The molecule has 0 amide bonds. The number of aromatic nitrogens is 1. The van der Waals surface area contributed by atoms with Gasteiger partial charge in [-0.05, 0) is 54.1 Å². The monoisotopic (exact) mass is 408 g/mol. The molecule has 1 fully saturated rings. The van der Waals surface area contributed by atoms with Crippen molar-refractivity contribution >= 4 is 10.9 Å². The van der Waals surface area contributed by atoms with Gasteiger partial charge in [-0.3, -0.25) is 9.88 Å². The van der Waals surface area contributed by atoms with Crippen LogP contribution in [-0.2, 0) is 13.0 Å². The summed E-state index contributed by atoms with van der Waals surface area (Å²) in [6.07, 6.45) is 3.63. The van der Waals surface area contributed by atoms with Crippen LogP contribution in [0.3, 0.4) is 0 Å². The zero-order valence-corrected chi connectivity index (χ0v) is 17.7. The number of fused-ring (bicyclic) bond motifs is 1. The van der Waals surface area contributed by atoms with E-state index in [0.29, 0.717) is 5.92 Å². The number of β-amino-alcohol motifs (C(OH)–C–C–N with tert-alkyl or cyclic N) is 1. The molecule has 0 spiro atoms. The topological polar surface area (TPSA) is 36.4 Å². The molecule has 2 heterocycles. The van der Waals surface area contributed by atoms with Gasteiger partial charge in [0.25, 0.3) is 0 Å². The highest BCUT2D eigenvalue weighted by Gasteiger charge is 2.27. The van der Waals surface area contributed by atoms with E-state index in [0.717, 1.165) is 48.9 Å². The van der Waals surface area contributed by atoms with Crippen LogP contribution in [0.2, 0.25) is 0 Å². The van der Waals surface area contributed by atoms with E-state index in [1.807, 2.05) is 30.5 Å². The predicted molar refractivity (Wildman–Crippen MR) is 127 cm³/mol. The molecule has 0 unspecified atom stereocenters. The summed E-state index contributed by atoms with van der Waals surface area (Å²) < 4.78 is 0. The summed E-state index contributed by atoms with van der Waals surface area (Å²) in [7, 11) is 0. The molecule has 3 aromatic carbocycles. The molecule has 4 aromatic rings. The Morgan fingerprint density at radius 3 is 2.42 bits per heavy atom. The maximum atomic E-state index is 10.8. The van der Waals surface area contributed by atoms with Crippen LogP contribution in [0.4, 0.5) is 0 Å². The van der Waals surface area contributed by atoms with Crippen molar-refractivity contribution in [2.24, 2.45) is 5.92 Å². The number of rotatable bonds is 5. The SMILES string of the molecule is O[C@@H]1CN(Cc2ccccc2)CC[C@H]1Cc1ccc(-c2cnc3ccccc3c2)cc1. The lowest BCUT2D eigenvalue weighted by Crippen LogP contribution is -2.44. The number of para-hydroxylation sites is 1. The third-order valence-electron chi connectivity index (χ3n) is 6.43. The second kappa shape index (κ2) is 9.01. The quantitative estimate of drug-likeness (QED) is 0.485. The van der Waals surface area contributed by atoms with Crippen molar-refractivity contribution in [1.29, 1.82) is 0 Å². The number of likely N-dealkylation sites (tertiary alicyclic amines) is 1. The van der Waals surface area contributed by atoms with Gasteiger partial charge in [0.05, 0.1) is 11.6 Å². The van der Waals surface area contributed by atoms with Crippen LogP contribution < -0.4 is 0 Å². The van der Waals surface area contributed by atoms with Gasteiger partial charge in [-0.15, -0.1) is 0 Å². The molecule has 0 bridgehead atoms. The van der Waals surface area contributed by atoms with E-state index in [4.69, 9.17) is 0 Å². The van der Waals surface area contributed by atoms with Gasteiger partial charge in [-0.2, -0.15) is 0 Å². The predicted octanol–water partition coefficient (Wildman–Crippen LogP) is 5.33. The first-order chi connectivity index (χ1) is 15.2. The Labute approximate surface area is 184 Å². The fourth-order valence-electron chi connectivity index (χ4n) is 4.63. The molecule has 1 N–H and O–H groups in total. The van der Waals surface area contributed by atoms with Gasteiger partial charge in [0.1, 0.15) is 0 Å². The van der Waals surface area contributed by atoms with Crippen LogP contribution in [0.25, 0.3) is 22.0 Å². The van der Waals surface area contributed by atoms with E-state index in [2.05, 4.69) is 70.5 Å². The number of nitrogens with zero attached hydrogens (tertiary/aromatic N) is 2. The number of benzene rings is 3. The molecule has 156 valence electrons. The molecule has 1 aromatic heterocycles. The number of piperidine rings is 1. The Morgan fingerprint density at radius 1 is 0.839 bits per heavy atom. The molecule has 1 aliphatic heterocycles. The van der Waals surface area contributed by atoms with Crippen molar-refractivity contribution in [3.8, 4) is 11.1 Å². The van der Waals surface area contributed by atoms with Crippen LogP contribution in [-0.4, -0.2) is 34.2 Å². The number of hydrogen-bond donors (Lipinski definition) is 1. The maximum absolute atomic E-state index is 10.8. The normalized spacial score (nSPS) is 19.5. The summed E-state index contributed by atoms with van der Waals surface area (Å²) in [5, 5.41) is 11.9. The number of aliphatic hydroxyl groups excluding tert-OH is 1. The highest BCUT2D eigenvalue weighted by molar-refractivity contribution is 5.83. The van der Waals surface area contributed by atoms with Gasteiger partial charge in [-0.1, -0.05) is 72.8 Å². The summed E-state index contributed by atoms with van der Waals surface area (Å²) >= 11 is 0. The third-order valence-corrected chi connectivity index (χ3v) is 6.43. The van der Waals surface area contributed by atoms with E-state index in [1.165, 1.54) is 16.7 Å². The van der Waals surface area contributed by atoms with Gasteiger partial charge in [-0.25, -0.2) is 0 Å². The first-order valence-electron chi connectivity index (χ1n) is 11.1. The van der Waals surface area contributed by atoms with Gasteiger partial charge >= 0.3 is 0 Å². The maximum Gasteiger partial charge on any atom is 0.0702 e. The van der Waals surface area contributed by atoms with Crippen LogP contribution in [0.5, 0.6) is 0 Å². The van der Waals surface area contributed by atoms with Crippen molar-refractivity contribution in [3.63, 3.8) is 0 Å². The average Bonchev–Trinajstić information content (AvgIpc) is 2.82. The van der Waals surface area contributed by atoms with E-state index >= 15 is 0 Å². The first-order valence-corrected chi connectivity index (χ1v) is 11.1. The fourth-order valence-corrected chi connectivity index (χ4v) is 4.63. The Bertz CT molecular complexity index is 1140. The minimum Gasteiger partial charge on any atom is -0.391 e. The minimum absolute atomic E-state index is 0.276. The Hall–Kier alpha value is -3.01. The molecular formula is C28H28N2O. The van der Waals surface area contributed by atoms with E-state index in [1.54, 1.807) is 0 Å². The summed E-state index contributed by atoms with van der Waals surface area (Å²) in [5.41, 5.74) is 5.94. The fraction of sp³-hybridized carbons (Fsp3) is 0.250. The zero-order chi connectivity index (χ0) is 21.0. The Kier molecular flexibility index (Phi) is 5.79. The number of aliphatic hydroxyl groups is 1. The molecule has 3 heteroatoms. The van der Waals surface area contributed by atoms with Gasteiger partial charge < -0.3 is 5.11 Å². The van der Waals surface area contributed by atoms with Crippen molar-refractivity contribution in [1.82, 2.24) is 9.88 Å².